The topological polar surface area (TPSA) is 115 Å². The first-order valence-corrected chi connectivity index (χ1v) is 3.77. The first kappa shape index (κ1) is 9.74. The highest BCUT2D eigenvalue weighted by atomic mass is 31.2. The van der Waals surface area contributed by atoms with Gasteiger partial charge in [-0.2, -0.15) is 0 Å². The summed E-state index contributed by atoms with van der Waals surface area (Å²) in [4.78, 5) is 26.0. The van der Waals surface area contributed by atoms with E-state index >= 15 is 0 Å². The van der Waals surface area contributed by atoms with Crippen molar-refractivity contribution >= 4 is 13.9 Å². The predicted molar refractivity (Wildman–Crippen MR) is 29.8 cm³/mol. The second-order valence-electron chi connectivity index (χ2n) is 1.62. The maximum absolute atomic E-state index is 10.1. The zero-order chi connectivity index (χ0) is 8.41. The van der Waals surface area contributed by atoms with Crippen LogP contribution in [-0.4, -0.2) is 38.2 Å². The van der Waals surface area contributed by atoms with Crippen molar-refractivity contribution in [2.24, 2.45) is 0 Å². The zero-order valence-electron chi connectivity index (χ0n) is 4.76. The average molecular weight is 169 g/mol. The third kappa shape index (κ3) is 1.62. The molecule has 0 heterocycles. The fraction of sp³-hybridized carbons (Fsp3) is 0.667. The van der Waals surface area contributed by atoms with Crippen molar-refractivity contribution in [2.45, 2.75) is 5.34 Å². The van der Waals surface area contributed by atoms with Gasteiger partial charge in [0.05, 0.1) is 6.61 Å². The van der Waals surface area contributed by atoms with Crippen LogP contribution in [0.2, 0.25) is 0 Å². The molecule has 1 unspecified atom stereocenters. The average Bonchev–Trinajstić information content (AvgIpc) is 1.84. The Kier molecular flexibility index (Phi) is 2.70. The summed E-state index contributed by atoms with van der Waals surface area (Å²) >= 11 is 0. The van der Waals surface area contributed by atoms with Crippen LogP contribution in [0.25, 0.3) is 0 Å². The van der Waals surface area contributed by atoms with Crippen LogP contribution in [0.15, 0.2) is 0 Å². The third-order valence-corrected chi connectivity index (χ3v) is 2.06. The van der Waals surface area contributed by atoms with Crippen LogP contribution in [0.3, 0.4) is 0 Å². The molecule has 0 aromatic rings. The van der Waals surface area contributed by atoms with Crippen LogP contribution in [-0.2, 0) is 9.36 Å². The quantitative estimate of drug-likeness (QED) is 0.361. The molecule has 0 amide bonds. The van der Waals surface area contributed by atoms with Crippen LogP contribution in [0.5, 0.6) is 0 Å². The standard InChI is InChI=1S/C3H6O6P/c4-1-3(6,2-5)10(7,8)9/h4,6H,1H2,(H2,7,8,9). The number of aliphatic hydroxyl groups is 2. The monoisotopic (exact) mass is 169 g/mol. The van der Waals surface area contributed by atoms with Crippen molar-refractivity contribution in [1.29, 1.82) is 0 Å². The second kappa shape index (κ2) is 2.77. The van der Waals surface area contributed by atoms with Crippen molar-refractivity contribution < 1.29 is 29.4 Å². The van der Waals surface area contributed by atoms with Crippen molar-refractivity contribution in [1.82, 2.24) is 0 Å². The predicted octanol–water partition coefficient (Wildman–Crippen LogP) is -2.05. The molecule has 6 nitrogen and oxygen atoms in total. The van der Waals surface area contributed by atoms with Gasteiger partial charge in [0.2, 0.25) is 6.29 Å². The lowest BCUT2D eigenvalue weighted by Gasteiger charge is -2.18. The normalized spacial score (nSPS) is 18.0. The van der Waals surface area contributed by atoms with Gasteiger partial charge in [-0.3, -0.25) is 9.36 Å². The lowest BCUT2D eigenvalue weighted by atomic mass is 10.4. The van der Waals surface area contributed by atoms with Gasteiger partial charge >= 0.3 is 7.60 Å². The van der Waals surface area contributed by atoms with E-state index in [0.29, 0.717) is 6.29 Å². The minimum Gasteiger partial charge on any atom is -0.392 e. The van der Waals surface area contributed by atoms with Crippen LogP contribution in [0.4, 0.5) is 0 Å². The van der Waals surface area contributed by atoms with Crippen molar-refractivity contribution in [3.05, 3.63) is 0 Å². The second-order valence-corrected chi connectivity index (χ2v) is 3.45. The Morgan fingerprint density at radius 2 is 1.90 bits per heavy atom. The molecule has 0 fully saturated rings. The lowest BCUT2D eigenvalue weighted by molar-refractivity contribution is 0.0825. The molecule has 0 rings (SSSR count). The van der Waals surface area contributed by atoms with Crippen molar-refractivity contribution in [3.8, 4) is 0 Å². The van der Waals surface area contributed by atoms with E-state index in [0.717, 1.165) is 0 Å². The molecule has 0 aliphatic carbocycles. The lowest BCUT2D eigenvalue weighted by Crippen LogP contribution is -2.34. The fourth-order valence-electron chi connectivity index (χ4n) is 0.184. The first-order chi connectivity index (χ1) is 4.37. The number of hydrogen-bond acceptors (Lipinski definition) is 4. The molecule has 1 radical (unpaired) electrons. The van der Waals surface area contributed by atoms with Gasteiger partial charge in [0.15, 0.2) is 0 Å². The minimum atomic E-state index is -5.01. The number of aliphatic hydroxyl groups excluding tert-OH is 1. The Morgan fingerprint density at radius 3 is 1.90 bits per heavy atom. The summed E-state index contributed by atoms with van der Waals surface area (Å²) in [7, 11) is -5.01. The maximum atomic E-state index is 10.1. The van der Waals surface area contributed by atoms with Gasteiger partial charge < -0.3 is 20.0 Å². The van der Waals surface area contributed by atoms with Crippen LogP contribution >= 0.6 is 7.60 Å². The van der Waals surface area contributed by atoms with Crippen LogP contribution in [0.1, 0.15) is 0 Å². The molecule has 0 spiro atoms. The van der Waals surface area contributed by atoms with Crippen LogP contribution in [0, 0.1) is 0 Å². The molecular weight excluding hydrogens is 163 g/mol. The Labute approximate surface area is 56.3 Å². The molecule has 0 aliphatic rings. The fourth-order valence-corrected chi connectivity index (χ4v) is 0.487. The van der Waals surface area contributed by atoms with E-state index in [4.69, 9.17) is 20.0 Å². The van der Waals surface area contributed by atoms with Gasteiger partial charge in [0, 0.05) is 0 Å². The number of carbonyl (C=O) groups excluding carboxylic acids is 1. The SMILES string of the molecule is O=[C]C(O)(CO)P(=O)(O)O. The van der Waals surface area contributed by atoms with E-state index in [1.165, 1.54) is 0 Å². The maximum Gasteiger partial charge on any atom is 0.367 e. The molecule has 0 saturated carbocycles. The number of rotatable bonds is 3. The molecule has 1 atom stereocenters. The smallest absolute Gasteiger partial charge is 0.367 e. The summed E-state index contributed by atoms with van der Waals surface area (Å²) < 4.78 is 10.1. The summed E-state index contributed by atoms with van der Waals surface area (Å²) in [5.41, 5.74) is 0. The zero-order valence-corrected chi connectivity index (χ0v) is 5.65. The summed E-state index contributed by atoms with van der Waals surface area (Å²) in [5, 5.41) is 13.6. The number of hydrogen-bond donors (Lipinski definition) is 4. The van der Waals surface area contributed by atoms with Crippen molar-refractivity contribution in [3.63, 3.8) is 0 Å². The van der Waals surface area contributed by atoms with E-state index < -0.39 is 19.5 Å². The van der Waals surface area contributed by atoms with E-state index in [9.17, 15) is 9.36 Å². The van der Waals surface area contributed by atoms with Gasteiger partial charge in [0.25, 0.3) is 5.34 Å². The summed E-state index contributed by atoms with van der Waals surface area (Å²) in [6.07, 6.45) is 0.660. The Balaban J connectivity index is 4.66. The van der Waals surface area contributed by atoms with Crippen LogP contribution < -0.4 is 0 Å². The van der Waals surface area contributed by atoms with E-state index in [1.807, 2.05) is 0 Å². The molecule has 0 bridgehead atoms. The Hall–Kier alpha value is -0.260. The summed E-state index contributed by atoms with van der Waals surface area (Å²) in [5.74, 6) is 0. The Bertz CT molecular complexity index is 172. The van der Waals surface area contributed by atoms with E-state index in [1.54, 1.807) is 0 Å². The highest BCUT2D eigenvalue weighted by Gasteiger charge is 2.46. The van der Waals surface area contributed by atoms with E-state index in [-0.39, 0.29) is 0 Å². The van der Waals surface area contributed by atoms with Gasteiger partial charge in [-0.1, -0.05) is 0 Å². The van der Waals surface area contributed by atoms with Gasteiger partial charge in [-0.25, -0.2) is 0 Å². The minimum absolute atomic E-state index is 0.660. The molecule has 0 aliphatic heterocycles. The molecule has 0 aromatic heterocycles. The highest BCUT2D eigenvalue weighted by molar-refractivity contribution is 7.54. The summed E-state index contributed by atoms with van der Waals surface area (Å²) in [6, 6.07) is 0. The van der Waals surface area contributed by atoms with Gasteiger partial charge in [-0.05, 0) is 0 Å². The molecule has 7 heteroatoms. The highest BCUT2D eigenvalue weighted by Crippen LogP contribution is 2.46. The molecule has 59 valence electrons. The first-order valence-electron chi connectivity index (χ1n) is 2.15. The Morgan fingerprint density at radius 1 is 1.50 bits per heavy atom. The molecular formula is C3H6O6P. The molecule has 4 N–H and O–H groups in total. The molecule has 10 heavy (non-hydrogen) atoms. The third-order valence-electron chi connectivity index (χ3n) is 0.866. The summed E-state index contributed by atoms with van der Waals surface area (Å²) in [6.45, 7) is -1.35. The van der Waals surface area contributed by atoms with Crippen molar-refractivity contribution in [2.75, 3.05) is 6.61 Å². The largest absolute Gasteiger partial charge is 0.392 e. The molecule has 0 saturated heterocycles. The molecule has 0 aromatic carbocycles. The van der Waals surface area contributed by atoms with E-state index in [2.05, 4.69) is 0 Å². The van der Waals surface area contributed by atoms with Gasteiger partial charge in [0.1, 0.15) is 0 Å². The van der Waals surface area contributed by atoms with Gasteiger partial charge in [-0.15, -0.1) is 0 Å².